The van der Waals surface area contributed by atoms with E-state index in [1.807, 2.05) is 29.7 Å². The number of aromatic nitrogens is 1. The topological polar surface area (TPSA) is 55.4 Å². The third-order valence-corrected chi connectivity index (χ3v) is 4.07. The molecule has 3 rings (SSSR count). The molecular formula is C19H19NO3. The van der Waals surface area contributed by atoms with E-state index < -0.39 is 5.97 Å². The van der Waals surface area contributed by atoms with Crippen LogP contribution in [0.1, 0.15) is 41.4 Å². The van der Waals surface area contributed by atoms with Gasteiger partial charge in [0.25, 0.3) is 0 Å². The average Bonchev–Trinajstić information content (AvgIpc) is 3.14. The van der Waals surface area contributed by atoms with E-state index in [1.54, 1.807) is 18.4 Å². The van der Waals surface area contributed by atoms with E-state index >= 15 is 0 Å². The molecule has 0 spiro atoms. The predicted octanol–water partition coefficient (Wildman–Crippen LogP) is 4.87. The van der Waals surface area contributed by atoms with Gasteiger partial charge in [0.2, 0.25) is 0 Å². The van der Waals surface area contributed by atoms with Crippen molar-refractivity contribution in [2.24, 2.45) is 0 Å². The van der Waals surface area contributed by atoms with Crippen LogP contribution in [0.5, 0.6) is 0 Å². The first-order valence-corrected chi connectivity index (χ1v) is 7.59. The summed E-state index contributed by atoms with van der Waals surface area (Å²) in [5, 5.41) is 9.42. The molecule has 1 N–H and O–H groups in total. The second-order valence-corrected chi connectivity index (χ2v) is 5.89. The van der Waals surface area contributed by atoms with Crippen molar-refractivity contribution in [2.45, 2.75) is 26.7 Å². The van der Waals surface area contributed by atoms with Gasteiger partial charge in [-0.05, 0) is 48.7 Å². The van der Waals surface area contributed by atoms with Crippen LogP contribution in [-0.2, 0) is 0 Å². The molecule has 0 aliphatic rings. The third-order valence-electron chi connectivity index (χ3n) is 4.07. The lowest BCUT2D eigenvalue weighted by molar-refractivity contribution is 0.0696. The van der Waals surface area contributed by atoms with E-state index in [0.29, 0.717) is 17.4 Å². The monoisotopic (exact) mass is 309 g/mol. The standard InChI is InChI=1S/C19H19NO3/c1-12(2)14-6-8-15(9-7-14)20-13(3)16(19(21)22)11-17(20)18-5-4-10-23-18/h4-12H,1-3H3,(H,21,22). The summed E-state index contributed by atoms with van der Waals surface area (Å²) in [6.45, 7) is 6.10. The number of rotatable bonds is 4. The second kappa shape index (κ2) is 5.80. The average molecular weight is 309 g/mol. The van der Waals surface area contributed by atoms with E-state index in [9.17, 15) is 9.90 Å². The van der Waals surface area contributed by atoms with Crippen molar-refractivity contribution in [2.75, 3.05) is 0 Å². The van der Waals surface area contributed by atoms with Crippen LogP contribution in [0.2, 0.25) is 0 Å². The molecule has 23 heavy (non-hydrogen) atoms. The van der Waals surface area contributed by atoms with Crippen molar-refractivity contribution in [1.82, 2.24) is 4.57 Å². The van der Waals surface area contributed by atoms with Crippen LogP contribution in [0.15, 0.2) is 53.1 Å². The largest absolute Gasteiger partial charge is 0.478 e. The number of nitrogens with zero attached hydrogens (tertiary/aromatic N) is 1. The number of carbonyl (C=O) groups is 1. The molecule has 0 fully saturated rings. The first-order chi connectivity index (χ1) is 11.0. The van der Waals surface area contributed by atoms with Crippen molar-refractivity contribution < 1.29 is 14.3 Å². The van der Waals surface area contributed by atoms with Crippen molar-refractivity contribution in [1.29, 1.82) is 0 Å². The first-order valence-electron chi connectivity index (χ1n) is 7.59. The molecule has 118 valence electrons. The highest BCUT2D eigenvalue weighted by Crippen LogP contribution is 2.30. The molecule has 4 nitrogen and oxygen atoms in total. The molecular weight excluding hydrogens is 290 g/mol. The van der Waals surface area contributed by atoms with Crippen molar-refractivity contribution in [3.63, 3.8) is 0 Å². The molecule has 3 aromatic rings. The number of carboxylic acids is 1. The fraction of sp³-hybridized carbons (Fsp3) is 0.211. The number of hydrogen-bond donors (Lipinski definition) is 1. The zero-order valence-electron chi connectivity index (χ0n) is 13.4. The summed E-state index contributed by atoms with van der Waals surface area (Å²) in [7, 11) is 0. The summed E-state index contributed by atoms with van der Waals surface area (Å²) in [6.07, 6.45) is 1.59. The van der Waals surface area contributed by atoms with Gasteiger partial charge in [0.15, 0.2) is 5.76 Å². The Balaban J connectivity index is 2.19. The van der Waals surface area contributed by atoms with Crippen molar-refractivity contribution >= 4 is 5.97 Å². The molecule has 1 aromatic carbocycles. The van der Waals surface area contributed by atoms with Gasteiger partial charge in [0.1, 0.15) is 0 Å². The van der Waals surface area contributed by atoms with Crippen molar-refractivity contribution in [3.8, 4) is 17.1 Å². The van der Waals surface area contributed by atoms with Gasteiger partial charge in [-0.1, -0.05) is 26.0 Å². The lowest BCUT2D eigenvalue weighted by atomic mass is 10.0. The third kappa shape index (κ3) is 2.68. The minimum Gasteiger partial charge on any atom is -0.478 e. The Bertz CT molecular complexity index is 824. The van der Waals surface area contributed by atoms with Crippen molar-refractivity contribution in [3.05, 3.63) is 65.5 Å². The molecule has 2 aromatic heterocycles. The smallest absolute Gasteiger partial charge is 0.337 e. The summed E-state index contributed by atoms with van der Waals surface area (Å²) in [6, 6.07) is 13.5. The van der Waals surface area contributed by atoms with E-state index in [2.05, 4.69) is 26.0 Å². The lowest BCUT2D eigenvalue weighted by Gasteiger charge is -2.12. The highest BCUT2D eigenvalue weighted by atomic mass is 16.4. The van der Waals surface area contributed by atoms with E-state index in [0.717, 1.165) is 11.4 Å². The van der Waals surface area contributed by atoms with Crippen LogP contribution in [0.3, 0.4) is 0 Å². The Morgan fingerprint density at radius 3 is 2.39 bits per heavy atom. The SMILES string of the molecule is Cc1c(C(=O)O)cc(-c2ccco2)n1-c1ccc(C(C)C)cc1. The molecule has 0 atom stereocenters. The van der Waals surface area contributed by atoms with Gasteiger partial charge in [0.05, 0.1) is 17.5 Å². The maximum atomic E-state index is 11.5. The molecule has 4 heteroatoms. The summed E-state index contributed by atoms with van der Waals surface area (Å²) in [5.74, 6) is 0.162. The number of benzene rings is 1. The highest BCUT2D eigenvalue weighted by molar-refractivity contribution is 5.91. The maximum Gasteiger partial charge on any atom is 0.337 e. The fourth-order valence-electron chi connectivity index (χ4n) is 2.77. The Kier molecular flexibility index (Phi) is 3.82. The number of carboxylic acid groups (broad SMARTS) is 1. The van der Waals surface area contributed by atoms with Gasteiger partial charge < -0.3 is 14.1 Å². The predicted molar refractivity (Wildman–Crippen MR) is 89.3 cm³/mol. The van der Waals surface area contributed by atoms with Crippen LogP contribution in [0.4, 0.5) is 0 Å². The fourth-order valence-corrected chi connectivity index (χ4v) is 2.77. The number of aromatic carboxylic acids is 1. The maximum absolute atomic E-state index is 11.5. The minimum atomic E-state index is -0.937. The number of hydrogen-bond acceptors (Lipinski definition) is 2. The molecule has 0 bridgehead atoms. The van der Waals surface area contributed by atoms with Gasteiger partial charge in [0, 0.05) is 11.4 Å². The summed E-state index contributed by atoms with van der Waals surface area (Å²) in [5.41, 5.74) is 3.87. The Morgan fingerprint density at radius 2 is 1.87 bits per heavy atom. The van der Waals surface area contributed by atoms with Gasteiger partial charge >= 0.3 is 5.97 Å². The van der Waals surface area contributed by atoms with Gasteiger partial charge in [-0.2, -0.15) is 0 Å². The quantitative estimate of drug-likeness (QED) is 0.748. The summed E-state index contributed by atoms with van der Waals surface area (Å²) < 4.78 is 7.40. The molecule has 0 unspecified atom stereocenters. The second-order valence-electron chi connectivity index (χ2n) is 5.89. The van der Waals surface area contributed by atoms with Gasteiger partial charge in [-0.3, -0.25) is 0 Å². The van der Waals surface area contributed by atoms with E-state index in [1.165, 1.54) is 5.56 Å². The highest BCUT2D eigenvalue weighted by Gasteiger charge is 2.20. The molecule has 0 aliphatic heterocycles. The van der Waals surface area contributed by atoms with E-state index in [-0.39, 0.29) is 5.56 Å². The molecule has 0 saturated carbocycles. The summed E-state index contributed by atoms with van der Waals surface area (Å²) in [4.78, 5) is 11.5. The Morgan fingerprint density at radius 1 is 1.17 bits per heavy atom. The van der Waals surface area contributed by atoms with Crippen LogP contribution in [0.25, 0.3) is 17.1 Å². The van der Waals surface area contributed by atoms with Gasteiger partial charge in [-0.25, -0.2) is 4.79 Å². The normalized spacial score (nSPS) is 11.1. The molecule has 0 radical (unpaired) electrons. The zero-order chi connectivity index (χ0) is 16.6. The van der Waals surface area contributed by atoms with Crippen LogP contribution in [0, 0.1) is 6.92 Å². The summed E-state index contributed by atoms with van der Waals surface area (Å²) >= 11 is 0. The number of furan rings is 1. The molecule has 0 aliphatic carbocycles. The molecule has 0 saturated heterocycles. The van der Waals surface area contributed by atoms with Crippen LogP contribution < -0.4 is 0 Å². The Hall–Kier alpha value is -2.75. The zero-order valence-corrected chi connectivity index (χ0v) is 13.4. The minimum absolute atomic E-state index is 0.282. The van der Waals surface area contributed by atoms with E-state index in [4.69, 9.17) is 4.42 Å². The van der Waals surface area contributed by atoms with Crippen LogP contribution >= 0.6 is 0 Å². The molecule has 0 amide bonds. The van der Waals surface area contributed by atoms with Gasteiger partial charge in [-0.15, -0.1) is 0 Å². The Labute approximate surface area is 135 Å². The first kappa shape index (κ1) is 15.2. The van der Waals surface area contributed by atoms with Crippen LogP contribution in [-0.4, -0.2) is 15.6 Å². The lowest BCUT2D eigenvalue weighted by Crippen LogP contribution is -2.02. The molecule has 2 heterocycles.